The van der Waals surface area contributed by atoms with Gasteiger partial charge in [-0.15, -0.1) is 0 Å². The van der Waals surface area contributed by atoms with Crippen molar-refractivity contribution in [3.63, 3.8) is 0 Å². The van der Waals surface area contributed by atoms with Crippen LogP contribution in [0.1, 0.15) is 26.2 Å². The summed E-state index contributed by atoms with van der Waals surface area (Å²) < 4.78 is 5.48. The van der Waals surface area contributed by atoms with Crippen molar-refractivity contribution in [2.45, 2.75) is 26.2 Å². The second kappa shape index (κ2) is 10.1. The molecule has 7 heteroatoms. The molecule has 0 radical (unpaired) electrons. The van der Waals surface area contributed by atoms with Crippen molar-refractivity contribution in [3.05, 3.63) is 47.6 Å². The van der Waals surface area contributed by atoms with Crippen molar-refractivity contribution in [2.75, 3.05) is 36.0 Å². The Morgan fingerprint density at radius 3 is 2.59 bits per heavy atom. The highest BCUT2D eigenvalue weighted by Gasteiger charge is 2.29. The van der Waals surface area contributed by atoms with Gasteiger partial charge in [-0.1, -0.05) is 11.6 Å². The van der Waals surface area contributed by atoms with Crippen molar-refractivity contribution in [1.82, 2.24) is 4.98 Å². The van der Waals surface area contributed by atoms with Gasteiger partial charge in [0.2, 0.25) is 5.91 Å². The Hall–Kier alpha value is -2.78. The number of piperidine rings is 1. The molecular weight excluding hydrogens is 388 g/mol. The topological polar surface area (TPSA) is 69.5 Å². The molecular formula is C22H25ClN4O2. The van der Waals surface area contributed by atoms with Gasteiger partial charge < -0.3 is 14.5 Å². The van der Waals surface area contributed by atoms with Crippen molar-refractivity contribution in [2.24, 2.45) is 5.92 Å². The number of nitrogens with zero attached hydrogens (tertiary/aromatic N) is 4. The van der Waals surface area contributed by atoms with Crippen LogP contribution in [-0.2, 0) is 4.79 Å². The van der Waals surface area contributed by atoms with E-state index in [0.717, 1.165) is 43.2 Å². The molecule has 1 aliphatic rings. The number of hydrogen-bond acceptors (Lipinski definition) is 5. The number of pyridine rings is 1. The fourth-order valence-corrected chi connectivity index (χ4v) is 3.66. The van der Waals surface area contributed by atoms with Crippen molar-refractivity contribution >= 4 is 29.0 Å². The first-order chi connectivity index (χ1) is 14.1. The fourth-order valence-electron chi connectivity index (χ4n) is 3.55. The number of anilines is 2. The summed E-state index contributed by atoms with van der Waals surface area (Å²) in [6, 6.07) is 13.4. The van der Waals surface area contributed by atoms with Gasteiger partial charge in [-0.25, -0.2) is 4.98 Å². The van der Waals surface area contributed by atoms with Crippen LogP contribution in [0.15, 0.2) is 42.6 Å². The molecule has 0 aliphatic carbocycles. The van der Waals surface area contributed by atoms with E-state index in [2.05, 4.69) is 16.0 Å². The van der Waals surface area contributed by atoms with E-state index in [9.17, 15) is 4.79 Å². The minimum Gasteiger partial charge on any atom is -0.494 e. The van der Waals surface area contributed by atoms with Gasteiger partial charge in [-0.3, -0.25) is 4.79 Å². The Morgan fingerprint density at radius 1 is 1.28 bits per heavy atom. The van der Waals surface area contributed by atoms with E-state index in [4.69, 9.17) is 21.6 Å². The smallest absolute Gasteiger partial charge is 0.230 e. The zero-order valence-electron chi connectivity index (χ0n) is 16.6. The van der Waals surface area contributed by atoms with Gasteiger partial charge in [0.25, 0.3) is 0 Å². The molecule has 2 heterocycles. The van der Waals surface area contributed by atoms with E-state index in [0.29, 0.717) is 24.6 Å². The summed E-state index contributed by atoms with van der Waals surface area (Å²) in [5.41, 5.74) is 0.801. The monoisotopic (exact) mass is 412 g/mol. The lowest BCUT2D eigenvalue weighted by Gasteiger charge is -2.34. The molecule has 152 valence electrons. The van der Waals surface area contributed by atoms with E-state index >= 15 is 0 Å². The number of benzene rings is 1. The number of ether oxygens (including phenoxy) is 1. The standard InChI is InChI=1S/C22H25ClN4O2/c1-2-29-20-7-5-19(6-8-20)27(13-3-12-24)22(28)17-10-14-26(15-11-17)21-9-4-18(23)16-25-21/h4-9,16-17H,2-3,10-11,13-15H2,1H3. The quantitative estimate of drug-likeness (QED) is 0.678. The maximum atomic E-state index is 13.2. The third-order valence-electron chi connectivity index (χ3n) is 5.05. The van der Waals surface area contributed by atoms with Gasteiger partial charge in [-0.05, 0) is 56.2 Å². The molecule has 1 aromatic carbocycles. The highest BCUT2D eigenvalue weighted by atomic mass is 35.5. The van der Waals surface area contributed by atoms with Gasteiger partial charge in [0, 0.05) is 37.4 Å². The number of carbonyl (C=O) groups is 1. The van der Waals surface area contributed by atoms with Gasteiger partial charge >= 0.3 is 0 Å². The first kappa shape index (κ1) is 20.9. The van der Waals surface area contributed by atoms with E-state index in [1.807, 2.05) is 43.3 Å². The largest absolute Gasteiger partial charge is 0.494 e. The Kier molecular flexibility index (Phi) is 7.31. The molecule has 0 spiro atoms. The molecule has 0 bridgehead atoms. The molecule has 2 aromatic rings. The molecule has 0 N–H and O–H groups in total. The fraction of sp³-hybridized carbons (Fsp3) is 0.409. The number of hydrogen-bond donors (Lipinski definition) is 0. The normalized spacial score (nSPS) is 14.3. The van der Waals surface area contributed by atoms with Crippen LogP contribution < -0.4 is 14.5 Å². The third-order valence-corrected chi connectivity index (χ3v) is 5.28. The highest BCUT2D eigenvalue weighted by Crippen LogP contribution is 2.27. The van der Waals surface area contributed by atoms with Crippen LogP contribution in [0.3, 0.4) is 0 Å². The van der Waals surface area contributed by atoms with Crippen molar-refractivity contribution in [1.29, 1.82) is 5.26 Å². The van der Waals surface area contributed by atoms with Gasteiger partial charge in [0.1, 0.15) is 11.6 Å². The second-order valence-corrected chi connectivity index (χ2v) is 7.36. The molecule has 1 fully saturated rings. The number of rotatable bonds is 7. The molecule has 0 unspecified atom stereocenters. The molecule has 1 saturated heterocycles. The predicted molar refractivity (Wildman–Crippen MR) is 114 cm³/mol. The van der Waals surface area contributed by atoms with Crippen LogP contribution in [0.2, 0.25) is 5.02 Å². The number of carbonyl (C=O) groups excluding carboxylic acids is 1. The zero-order chi connectivity index (χ0) is 20.6. The average Bonchev–Trinajstić information content (AvgIpc) is 2.76. The van der Waals surface area contributed by atoms with E-state index in [1.54, 1.807) is 11.1 Å². The first-order valence-corrected chi connectivity index (χ1v) is 10.3. The number of halogens is 1. The summed E-state index contributed by atoms with van der Waals surface area (Å²) >= 11 is 5.92. The number of aromatic nitrogens is 1. The van der Waals surface area contributed by atoms with Crippen LogP contribution in [-0.4, -0.2) is 37.1 Å². The van der Waals surface area contributed by atoms with Crippen LogP contribution in [0.5, 0.6) is 5.75 Å². The first-order valence-electron chi connectivity index (χ1n) is 9.90. The molecule has 1 amide bonds. The lowest BCUT2D eigenvalue weighted by atomic mass is 9.94. The lowest BCUT2D eigenvalue weighted by Crippen LogP contribution is -2.43. The second-order valence-electron chi connectivity index (χ2n) is 6.92. The van der Waals surface area contributed by atoms with Gasteiger partial charge in [0.15, 0.2) is 0 Å². The molecule has 1 aromatic heterocycles. The number of nitriles is 1. The summed E-state index contributed by atoms with van der Waals surface area (Å²) in [5.74, 6) is 1.66. The molecule has 3 rings (SSSR count). The van der Waals surface area contributed by atoms with Gasteiger partial charge in [-0.2, -0.15) is 5.26 Å². The van der Waals surface area contributed by atoms with Crippen LogP contribution in [0.4, 0.5) is 11.5 Å². The maximum Gasteiger partial charge on any atom is 0.230 e. The Bertz CT molecular complexity index is 841. The summed E-state index contributed by atoms with van der Waals surface area (Å²) in [6.07, 6.45) is 3.45. The minimum absolute atomic E-state index is 0.0659. The SMILES string of the molecule is CCOc1ccc(N(CCC#N)C(=O)C2CCN(c3ccc(Cl)cn3)CC2)cc1. The Labute approximate surface area is 176 Å². The predicted octanol–water partition coefficient (Wildman–Crippen LogP) is 4.30. The van der Waals surface area contributed by atoms with E-state index < -0.39 is 0 Å². The molecule has 1 aliphatic heterocycles. The molecule has 29 heavy (non-hydrogen) atoms. The summed E-state index contributed by atoms with van der Waals surface area (Å²) in [4.78, 5) is 21.5. The number of amides is 1. The highest BCUT2D eigenvalue weighted by molar-refractivity contribution is 6.30. The Balaban J connectivity index is 1.66. The summed E-state index contributed by atoms with van der Waals surface area (Å²) in [7, 11) is 0. The molecule has 0 saturated carbocycles. The molecule has 6 nitrogen and oxygen atoms in total. The average molecular weight is 413 g/mol. The van der Waals surface area contributed by atoms with Crippen molar-refractivity contribution in [3.8, 4) is 11.8 Å². The zero-order valence-corrected chi connectivity index (χ0v) is 17.3. The van der Waals surface area contributed by atoms with E-state index in [1.165, 1.54) is 0 Å². The van der Waals surface area contributed by atoms with E-state index in [-0.39, 0.29) is 11.8 Å². The lowest BCUT2D eigenvalue weighted by molar-refractivity contribution is -0.123. The van der Waals surface area contributed by atoms with Crippen LogP contribution in [0.25, 0.3) is 0 Å². The van der Waals surface area contributed by atoms with Crippen LogP contribution >= 0.6 is 11.6 Å². The summed E-state index contributed by atoms with van der Waals surface area (Å²) in [5, 5.41) is 9.63. The molecule has 0 atom stereocenters. The van der Waals surface area contributed by atoms with Crippen LogP contribution in [0, 0.1) is 17.2 Å². The van der Waals surface area contributed by atoms with Crippen molar-refractivity contribution < 1.29 is 9.53 Å². The minimum atomic E-state index is -0.0659. The Morgan fingerprint density at radius 2 is 2.00 bits per heavy atom. The maximum absolute atomic E-state index is 13.2. The summed E-state index contributed by atoms with van der Waals surface area (Å²) in [6.45, 7) is 4.45. The third kappa shape index (κ3) is 5.39. The van der Waals surface area contributed by atoms with Gasteiger partial charge in [0.05, 0.1) is 24.1 Å².